The van der Waals surface area contributed by atoms with Crippen LogP contribution in [0.1, 0.15) is 6.42 Å². The number of hydrogen-bond acceptors (Lipinski definition) is 3. The molecule has 1 atom stereocenters. The topological polar surface area (TPSA) is 54.5 Å². The van der Waals surface area contributed by atoms with Gasteiger partial charge in [0.05, 0.1) is 11.5 Å². The Morgan fingerprint density at radius 2 is 1.93 bits per heavy atom. The van der Waals surface area contributed by atoms with E-state index in [4.69, 9.17) is 0 Å². The summed E-state index contributed by atoms with van der Waals surface area (Å²) < 4.78 is 58.0. The summed E-state index contributed by atoms with van der Waals surface area (Å²) in [7, 11) is -2.31. The second-order valence-corrected chi connectivity index (χ2v) is 5.70. The fourth-order valence-corrected chi connectivity index (χ4v) is 3.22. The van der Waals surface area contributed by atoms with Gasteiger partial charge in [0.2, 0.25) is 0 Å². The molecule has 0 aliphatic carbocycles. The van der Waals surface area contributed by atoms with Crippen LogP contribution in [0.2, 0.25) is 0 Å². The lowest BCUT2D eigenvalue weighted by Crippen LogP contribution is -2.45. The highest BCUT2D eigenvalue weighted by Crippen LogP contribution is 2.23. The number of carbonyl (C=O) groups is 1. The molecule has 0 aromatic heterocycles. The quantitative estimate of drug-likeness (QED) is 0.663. The lowest BCUT2D eigenvalue weighted by atomic mass is 10.2. The normalized spacial score (nSPS) is 25.2. The SMILES string of the molecule is CN(C(=O)C(F)(F)F)C1CCS(=O)(=O)C1. The molecule has 1 fully saturated rings. The molecule has 1 aliphatic rings. The van der Waals surface area contributed by atoms with Gasteiger partial charge in [0.15, 0.2) is 9.84 Å². The smallest absolute Gasteiger partial charge is 0.334 e. The van der Waals surface area contributed by atoms with Crippen molar-refractivity contribution in [2.24, 2.45) is 0 Å². The van der Waals surface area contributed by atoms with E-state index >= 15 is 0 Å². The lowest BCUT2D eigenvalue weighted by molar-refractivity contribution is -0.185. The molecule has 4 nitrogen and oxygen atoms in total. The minimum Gasteiger partial charge on any atom is -0.334 e. The molecule has 0 saturated carbocycles. The standard InChI is InChI=1S/C7H10F3NO3S/c1-11(6(12)7(8,9)10)5-2-3-15(13,14)4-5/h5H,2-4H2,1H3. The molecule has 0 N–H and O–H groups in total. The molecular formula is C7H10F3NO3S. The first kappa shape index (κ1) is 12.3. The van der Waals surface area contributed by atoms with Crippen LogP contribution in [0, 0.1) is 0 Å². The Labute approximate surface area is 85.0 Å². The van der Waals surface area contributed by atoms with E-state index in [9.17, 15) is 26.4 Å². The molecule has 15 heavy (non-hydrogen) atoms. The van der Waals surface area contributed by atoms with Crippen molar-refractivity contribution in [1.82, 2.24) is 4.90 Å². The van der Waals surface area contributed by atoms with Crippen molar-refractivity contribution in [2.45, 2.75) is 18.6 Å². The number of rotatable bonds is 1. The number of amides is 1. The van der Waals surface area contributed by atoms with Gasteiger partial charge in [0.25, 0.3) is 0 Å². The minimum atomic E-state index is -4.94. The van der Waals surface area contributed by atoms with Crippen LogP contribution in [-0.4, -0.2) is 50.0 Å². The molecule has 0 aromatic rings. The van der Waals surface area contributed by atoms with Gasteiger partial charge in [-0.3, -0.25) is 4.79 Å². The molecule has 1 heterocycles. The van der Waals surface area contributed by atoms with E-state index in [1.807, 2.05) is 0 Å². The second kappa shape index (κ2) is 3.66. The molecule has 0 radical (unpaired) electrons. The summed E-state index contributed by atoms with van der Waals surface area (Å²) in [5.41, 5.74) is 0. The molecule has 1 saturated heterocycles. The van der Waals surface area contributed by atoms with Crippen LogP contribution >= 0.6 is 0 Å². The number of nitrogens with zero attached hydrogens (tertiary/aromatic N) is 1. The van der Waals surface area contributed by atoms with Gasteiger partial charge in [-0.1, -0.05) is 0 Å². The highest BCUT2D eigenvalue weighted by molar-refractivity contribution is 7.91. The van der Waals surface area contributed by atoms with Crippen LogP contribution < -0.4 is 0 Å². The summed E-state index contributed by atoms with van der Waals surface area (Å²) in [6.45, 7) is 0. The Morgan fingerprint density at radius 1 is 1.40 bits per heavy atom. The number of alkyl halides is 3. The fraction of sp³-hybridized carbons (Fsp3) is 0.857. The van der Waals surface area contributed by atoms with Gasteiger partial charge in [-0.2, -0.15) is 13.2 Å². The average Bonchev–Trinajstić information content (AvgIpc) is 2.42. The Hall–Kier alpha value is -0.790. The summed E-state index contributed by atoms with van der Waals surface area (Å²) in [6.07, 6.45) is -4.87. The molecule has 1 unspecified atom stereocenters. The molecule has 1 rings (SSSR count). The van der Waals surface area contributed by atoms with Gasteiger partial charge in [-0.05, 0) is 6.42 Å². The third-order valence-electron chi connectivity index (χ3n) is 2.32. The summed E-state index contributed by atoms with van der Waals surface area (Å²) in [5, 5.41) is 0. The molecule has 0 spiro atoms. The highest BCUT2D eigenvalue weighted by atomic mass is 32.2. The van der Waals surface area contributed by atoms with Crippen molar-refractivity contribution >= 4 is 15.7 Å². The number of halogens is 3. The zero-order chi connectivity index (χ0) is 11.9. The Bertz CT molecular complexity index is 362. The van der Waals surface area contributed by atoms with E-state index < -0.39 is 28.0 Å². The van der Waals surface area contributed by atoms with Crippen molar-refractivity contribution in [2.75, 3.05) is 18.6 Å². The van der Waals surface area contributed by atoms with Crippen LogP contribution in [0.4, 0.5) is 13.2 Å². The molecule has 0 aromatic carbocycles. The fourth-order valence-electron chi connectivity index (χ4n) is 1.45. The average molecular weight is 245 g/mol. The molecule has 88 valence electrons. The van der Waals surface area contributed by atoms with E-state index in [2.05, 4.69) is 0 Å². The Balaban J connectivity index is 2.72. The van der Waals surface area contributed by atoms with Gasteiger partial charge >= 0.3 is 12.1 Å². The van der Waals surface area contributed by atoms with Crippen molar-refractivity contribution in [3.63, 3.8) is 0 Å². The van der Waals surface area contributed by atoms with E-state index in [-0.39, 0.29) is 17.9 Å². The van der Waals surface area contributed by atoms with Crippen LogP contribution in [-0.2, 0) is 14.6 Å². The maximum atomic E-state index is 12.0. The summed E-state index contributed by atoms with van der Waals surface area (Å²) in [6, 6.07) is -0.857. The molecule has 1 amide bonds. The second-order valence-electron chi connectivity index (χ2n) is 3.47. The van der Waals surface area contributed by atoms with Gasteiger partial charge < -0.3 is 4.90 Å². The largest absolute Gasteiger partial charge is 0.471 e. The zero-order valence-corrected chi connectivity index (χ0v) is 8.73. The van der Waals surface area contributed by atoms with Crippen LogP contribution in [0.25, 0.3) is 0 Å². The van der Waals surface area contributed by atoms with E-state index in [1.165, 1.54) is 0 Å². The van der Waals surface area contributed by atoms with Gasteiger partial charge in [-0.25, -0.2) is 8.42 Å². The Kier molecular flexibility index (Phi) is 2.99. The predicted molar refractivity (Wildman–Crippen MR) is 45.9 cm³/mol. The van der Waals surface area contributed by atoms with Gasteiger partial charge in [0.1, 0.15) is 0 Å². The third-order valence-corrected chi connectivity index (χ3v) is 4.07. The predicted octanol–water partition coefficient (Wildman–Crippen LogP) is 0.194. The van der Waals surface area contributed by atoms with Crippen molar-refractivity contribution < 1.29 is 26.4 Å². The number of hydrogen-bond donors (Lipinski definition) is 0. The maximum Gasteiger partial charge on any atom is 0.471 e. The van der Waals surface area contributed by atoms with Crippen LogP contribution in [0.3, 0.4) is 0 Å². The minimum absolute atomic E-state index is 0.0701. The first-order valence-corrected chi connectivity index (χ1v) is 6.00. The Morgan fingerprint density at radius 3 is 2.27 bits per heavy atom. The highest BCUT2D eigenvalue weighted by Gasteiger charge is 2.45. The molecule has 8 heteroatoms. The van der Waals surface area contributed by atoms with Crippen molar-refractivity contribution in [3.8, 4) is 0 Å². The molecule has 1 aliphatic heterocycles. The van der Waals surface area contributed by atoms with Gasteiger partial charge in [-0.15, -0.1) is 0 Å². The van der Waals surface area contributed by atoms with Crippen molar-refractivity contribution in [3.05, 3.63) is 0 Å². The lowest BCUT2D eigenvalue weighted by Gasteiger charge is -2.24. The summed E-state index contributed by atoms with van der Waals surface area (Å²) >= 11 is 0. The van der Waals surface area contributed by atoms with E-state index in [0.29, 0.717) is 4.90 Å². The number of sulfone groups is 1. The monoisotopic (exact) mass is 245 g/mol. The summed E-state index contributed by atoms with van der Waals surface area (Å²) in [4.78, 5) is 11.2. The molecule has 0 bridgehead atoms. The maximum absolute atomic E-state index is 12.0. The number of carbonyl (C=O) groups excluding carboxylic acids is 1. The van der Waals surface area contributed by atoms with Gasteiger partial charge in [0, 0.05) is 13.1 Å². The van der Waals surface area contributed by atoms with Crippen molar-refractivity contribution in [1.29, 1.82) is 0 Å². The zero-order valence-electron chi connectivity index (χ0n) is 7.91. The first-order chi connectivity index (χ1) is 6.63. The van der Waals surface area contributed by atoms with Crippen LogP contribution in [0.15, 0.2) is 0 Å². The third kappa shape index (κ3) is 2.83. The van der Waals surface area contributed by atoms with Crippen LogP contribution in [0.5, 0.6) is 0 Å². The van der Waals surface area contributed by atoms with E-state index in [1.54, 1.807) is 0 Å². The van der Waals surface area contributed by atoms with E-state index in [0.717, 1.165) is 7.05 Å². The first-order valence-electron chi connectivity index (χ1n) is 4.18. The summed E-state index contributed by atoms with van der Waals surface area (Å²) in [5.74, 6) is -2.54. The molecular weight excluding hydrogens is 235 g/mol.